The summed E-state index contributed by atoms with van der Waals surface area (Å²) in [5.41, 5.74) is 0.532. The van der Waals surface area contributed by atoms with Gasteiger partial charge in [-0.1, -0.05) is 11.6 Å². The Morgan fingerprint density at radius 1 is 1.43 bits per heavy atom. The molecule has 2 rings (SSSR count). The third-order valence-electron chi connectivity index (χ3n) is 2.73. The van der Waals surface area contributed by atoms with Gasteiger partial charge in [0.05, 0.1) is 29.6 Å². The number of hydrogen-bond donors (Lipinski definition) is 2. The van der Waals surface area contributed by atoms with Crippen LogP contribution in [0.4, 0.5) is 5.69 Å². The summed E-state index contributed by atoms with van der Waals surface area (Å²) >= 11 is 5.98. The molecule has 1 aromatic carbocycles. The predicted octanol–water partition coefficient (Wildman–Crippen LogP) is 2.03. The van der Waals surface area contributed by atoms with Crippen molar-refractivity contribution in [2.24, 2.45) is 7.05 Å². The van der Waals surface area contributed by atoms with Gasteiger partial charge in [0.2, 0.25) is 0 Å². The summed E-state index contributed by atoms with van der Waals surface area (Å²) in [6, 6.07) is 2.58. The second-order valence-corrected chi connectivity index (χ2v) is 4.60. The van der Waals surface area contributed by atoms with Crippen molar-refractivity contribution in [3.8, 4) is 5.75 Å². The Balaban J connectivity index is 2.32. The highest BCUT2D eigenvalue weighted by Gasteiger charge is 2.17. The number of benzene rings is 1. The van der Waals surface area contributed by atoms with Gasteiger partial charge in [-0.15, -0.1) is 0 Å². The van der Waals surface area contributed by atoms with Crippen LogP contribution in [0.15, 0.2) is 24.5 Å². The van der Waals surface area contributed by atoms with E-state index in [-0.39, 0.29) is 22.0 Å². The third-order valence-corrected chi connectivity index (χ3v) is 3.05. The van der Waals surface area contributed by atoms with E-state index in [1.165, 1.54) is 30.1 Å². The summed E-state index contributed by atoms with van der Waals surface area (Å²) in [6.45, 7) is 0. The molecule has 7 nitrogen and oxygen atoms in total. The fraction of sp³-hybridized carbons (Fsp3) is 0.154. The van der Waals surface area contributed by atoms with Crippen LogP contribution in [0.3, 0.4) is 0 Å². The number of aryl methyl sites for hydroxylation is 1. The normalized spacial score (nSPS) is 10.2. The van der Waals surface area contributed by atoms with Crippen LogP contribution in [-0.2, 0) is 7.05 Å². The van der Waals surface area contributed by atoms with E-state index >= 15 is 0 Å². The number of carbonyl (C=O) groups is 2. The molecule has 0 aliphatic carbocycles. The van der Waals surface area contributed by atoms with Crippen LogP contribution in [-0.4, -0.2) is 33.9 Å². The highest BCUT2D eigenvalue weighted by molar-refractivity contribution is 6.34. The number of carboxylic acid groups (broad SMARTS) is 1. The molecule has 21 heavy (non-hydrogen) atoms. The number of aromatic carboxylic acids is 1. The first kappa shape index (κ1) is 14.9. The van der Waals surface area contributed by atoms with Gasteiger partial charge in [0.25, 0.3) is 5.91 Å². The number of amides is 1. The molecule has 0 aliphatic rings. The van der Waals surface area contributed by atoms with E-state index < -0.39 is 11.9 Å². The van der Waals surface area contributed by atoms with Gasteiger partial charge in [-0.3, -0.25) is 9.48 Å². The second-order valence-electron chi connectivity index (χ2n) is 4.19. The number of aromatic nitrogens is 2. The van der Waals surface area contributed by atoms with Gasteiger partial charge >= 0.3 is 5.97 Å². The number of anilines is 1. The molecule has 0 saturated heterocycles. The quantitative estimate of drug-likeness (QED) is 0.901. The lowest BCUT2D eigenvalue weighted by atomic mass is 10.1. The Morgan fingerprint density at radius 2 is 2.14 bits per heavy atom. The Bertz CT molecular complexity index is 711. The first-order chi connectivity index (χ1) is 9.92. The van der Waals surface area contributed by atoms with Gasteiger partial charge in [-0.25, -0.2) is 4.79 Å². The van der Waals surface area contributed by atoms with Crippen molar-refractivity contribution in [3.05, 3.63) is 40.7 Å². The molecule has 0 unspecified atom stereocenters. The zero-order valence-electron chi connectivity index (χ0n) is 11.3. The topological polar surface area (TPSA) is 93.5 Å². The number of methoxy groups -OCH3 is 1. The van der Waals surface area contributed by atoms with Crippen LogP contribution in [0.1, 0.15) is 20.7 Å². The molecule has 0 fully saturated rings. The summed E-state index contributed by atoms with van der Waals surface area (Å²) < 4.78 is 6.48. The van der Waals surface area contributed by atoms with Crippen molar-refractivity contribution >= 4 is 29.2 Å². The number of nitrogens with one attached hydrogen (secondary N) is 1. The van der Waals surface area contributed by atoms with Gasteiger partial charge in [0.1, 0.15) is 11.3 Å². The lowest BCUT2D eigenvalue weighted by molar-refractivity contribution is 0.0693. The Labute approximate surface area is 125 Å². The first-order valence-electron chi connectivity index (χ1n) is 5.83. The lowest BCUT2D eigenvalue weighted by Crippen LogP contribution is -2.12. The number of nitrogens with zero attached hydrogens (tertiary/aromatic N) is 2. The first-order valence-corrected chi connectivity index (χ1v) is 6.21. The standard InChI is InChI=1S/C13H12ClN3O4/c1-17-6-7(5-15-17)12(18)16-10-4-11(21-2)8(13(19)20)3-9(10)14/h3-6H,1-2H3,(H,16,18)(H,19,20). The maximum Gasteiger partial charge on any atom is 0.339 e. The smallest absolute Gasteiger partial charge is 0.339 e. The molecule has 110 valence electrons. The second kappa shape index (κ2) is 5.84. The van der Waals surface area contributed by atoms with Gasteiger partial charge < -0.3 is 15.2 Å². The van der Waals surface area contributed by atoms with Crippen molar-refractivity contribution in [1.29, 1.82) is 0 Å². The SMILES string of the molecule is COc1cc(NC(=O)c2cnn(C)c2)c(Cl)cc1C(=O)O. The van der Waals surface area contributed by atoms with E-state index in [4.69, 9.17) is 21.4 Å². The van der Waals surface area contributed by atoms with Crippen LogP contribution >= 0.6 is 11.6 Å². The molecule has 0 radical (unpaired) electrons. The number of rotatable bonds is 4. The average Bonchev–Trinajstić information content (AvgIpc) is 2.87. The summed E-state index contributed by atoms with van der Waals surface area (Å²) in [7, 11) is 3.02. The van der Waals surface area contributed by atoms with Crippen molar-refractivity contribution in [2.75, 3.05) is 12.4 Å². The molecular weight excluding hydrogens is 298 g/mol. The number of ether oxygens (including phenoxy) is 1. The molecule has 0 atom stereocenters. The largest absolute Gasteiger partial charge is 0.496 e. The highest BCUT2D eigenvalue weighted by Crippen LogP contribution is 2.31. The van der Waals surface area contributed by atoms with Crippen molar-refractivity contribution in [2.45, 2.75) is 0 Å². The van der Waals surface area contributed by atoms with Crippen molar-refractivity contribution < 1.29 is 19.4 Å². The molecule has 0 saturated carbocycles. The van der Waals surface area contributed by atoms with Crippen molar-refractivity contribution in [1.82, 2.24) is 9.78 Å². The summed E-state index contributed by atoms with van der Waals surface area (Å²) in [5.74, 6) is -1.47. The molecule has 2 N–H and O–H groups in total. The van der Waals surface area contributed by atoms with Crippen LogP contribution in [0.2, 0.25) is 5.02 Å². The number of carboxylic acids is 1. The highest BCUT2D eigenvalue weighted by atomic mass is 35.5. The monoisotopic (exact) mass is 309 g/mol. The molecule has 1 amide bonds. The van der Waals surface area contributed by atoms with Gasteiger partial charge in [-0.05, 0) is 6.07 Å². The number of halogens is 1. The minimum atomic E-state index is -1.17. The summed E-state index contributed by atoms with van der Waals surface area (Å²) in [4.78, 5) is 23.1. The van der Waals surface area contributed by atoms with E-state index in [1.807, 2.05) is 0 Å². The Morgan fingerprint density at radius 3 is 2.67 bits per heavy atom. The third kappa shape index (κ3) is 3.14. The van der Waals surface area contributed by atoms with E-state index in [9.17, 15) is 9.59 Å². The molecule has 0 spiro atoms. The van der Waals surface area contributed by atoms with Crippen LogP contribution in [0.25, 0.3) is 0 Å². The molecule has 8 heteroatoms. The van der Waals surface area contributed by atoms with Crippen LogP contribution in [0, 0.1) is 0 Å². The van der Waals surface area contributed by atoms with E-state index in [1.54, 1.807) is 13.2 Å². The molecular formula is C13H12ClN3O4. The molecule has 1 heterocycles. The van der Waals surface area contributed by atoms with Crippen molar-refractivity contribution in [3.63, 3.8) is 0 Å². The maximum atomic E-state index is 12.0. The van der Waals surface area contributed by atoms with Gasteiger partial charge in [-0.2, -0.15) is 5.10 Å². The molecule has 0 aliphatic heterocycles. The maximum absolute atomic E-state index is 12.0. The average molecular weight is 310 g/mol. The van der Waals surface area contributed by atoms with Crippen LogP contribution < -0.4 is 10.1 Å². The minimum Gasteiger partial charge on any atom is -0.496 e. The zero-order chi connectivity index (χ0) is 15.6. The van der Waals surface area contributed by atoms with E-state index in [2.05, 4.69) is 10.4 Å². The van der Waals surface area contributed by atoms with E-state index in [0.717, 1.165) is 0 Å². The van der Waals surface area contributed by atoms with Crippen LogP contribution in [0.5, 0.6) is 5.75 Å². The minimum absolute atomic E-state index is 0.0816. The van der Waals surface area contributed by atoms with Gasteiger partial charge in [0, 0.05) is 19.3 Å². The molecule has 2 aromatic rings. The Kier molecular flexibility index (Phi) is 4.13. The zero-order valence-corrected chi connectivity index (χ0v) is 12.0. The van der Waals surface area contributed by atoms with Gasteiger partial charge in [0.15, 0.2) is 0 Å². The molecule has 0 bridgehead atoms. The summed E-state index contributed by atoms with van der Waals surface area (Å²) in [6.07, 6.45) is 2.96. The van der Waals surface area contributed by atoms with E-state index in [0.29, 0.717) is 5.56 Å². The fourth-order valence-corrected chi connectivity index (χ4v) is 1.93. The number of carbonyl (C=O) groups excluding carboxylic acids is 1. The summed E-state index contributed by atoms with van der Waals surface area (Å²) in [5, 5.41) is 15.6. The predicted molar refractivity (Wildman–Crippen MR) is 76.1 cm³/mol. The molecule has 1 aromatic heterocycles. The Hall–Kier alpha value is -2.54. The lowest BCUT2D eigenvalue weighted by Gasteiger charge is -2.11. The fourth-order valence-electron chi connectivity index (χ4n) is 1.72. The number of hydrogen-bond acceptors (Lipinski definition) is 4.